The molecule has 0 saturated heterocycles. The number of carbonyl (C=O) groups excluding carboxylic acids is 2. The summed E-state index contributed by atoms with van der Waals surface area (Å²) in [6.45, 7) is 0.683. The Labute approximate surface area is 228 Å². The third-order valence-electron chi connectivity index (χ3n) is 6.61. The number of aromatic nitrogens is 2. The van der Waals surface area contributed by atoms with E-state index in [1.165, 1.54) is 5.56 Å². The Morgan fingerprint density at radius 3 is 1.95 bits per heavy atom. The lowest BCUT2D eigenvalue weighted by Gasteiger charge is -2.14. The second-order valence-corrected chi connectivity index (χ2v) is 9.91. The molecule has 0 bridgehead atoms. The van der Waals surface area contributed by atoms with Crippen LogP contribution in [-0.4, -0.2) is 59.4 Å². The average Bonchev–Trinajstić information content (AvgIpc) is 3.30. The van der Waals surface area contributed by atoms with Gasteiger partial charge >= 0.3 is 0 Å². The second-order valence-electron chi connectivity index (χ2n) is 9.91. The number of benzene rings is 3. The molecule has 0 unspecified atom stereocenters. The number of anilines is 2. The van der Waals surface area contributed by atoms with Gasteiger partial charge in [0.15, 0.2) is 0 Å². The van der Waals surface area contributed by atoms with Crippen molar-refractivity contribution in [2.24, 2.45) is 0 Å². The molecular formula is C32H31N5O2. The van der Waals surface area contributed by atoms with Crippen molar-refractivity contribution in [3.05, 3.63) is 114 Å². The third-order valence-corrected chi connectivity index (χ3v) is 6.61. The molecule has 0 spiro atoms. The summed E-state index contributed by atoms with van der Waals surface area (Å²) in [5, 5.41) is 4.39. The highest BCUT2D eigenvalue weighted by Gasteiger charge is 2.15. The number of nitrogens with zero attached hydrogens (tertiary/aromatic N) is 4. The highest BCUT2D eigenvalue weighted by atomic mass is 16.2. The molecular weight excluding hydrogens is 486 g/mol. The van der Waals surface area contributed by atoms with Crippen LogP contribution >= 0.6 is 0 Å². The van der Waals surface area contributed by atoms with Gasteiger partial charge in [0.25, 0.3) is 11.8 Å². The molecule has 5 aromatic rings. The first-order chi connectivity index (χ1) is 18.8. The number of rotatable bonds is 7. The fourth-order valence-corrected chi connectivity index (χ4v) is 4.54. The van der Waals surface area contributed by atoms with E-state index in [0.717, 1.165) is 27.8 Å². The van der Waals surface area contributed by atoms with E-state index >= 15 is 0 Å². The summed E-state index contributed by atoms with van der Waals surface area (Å²) in [4.78, 5) is 32.4. The van der Waals surface area contributed by atoms with Crippen LogP contribution in [0.2, 0.25) is 0 Å². The van der Waals surface area contributed by atoms with Gasteiger partial charge in [-0.2, -0.15) is 0 Å². The van der Waals surface area contributed by atoms with Crippen LogP contribution in [0, 0.1) is 0 Å². The van der Waals surface area contributed by atoms with Crippen molar-refractivity contribution < 1.29 is 9.59 Å². The number of hydrogen-bond acceptors (Lipinski definition) is 4. The fraction of sp³-hybridized carbons (Fsp3) is 0.156. The van der Waals surface area contributed by atoms with E-state index in [9.17, 15) is 9.59 Å². The minimum Gasteiger partial charge on any atom is -0.345 e. The van der Waals surface area contributed by atoms with Gasteiger partial charge in [0.1, 0.15) is 5.82 Å². The molecule has 39 heavy (non-hydrogen) atoms. The molecule has 1 N–H and O–H groups in total. The van der Waals surface area contributed by atoms with E-state index in [4.69, 9.17) is 0 Å². The summed E-state index contributed by atoms with van der Waals surface area (Å²) in [6, 6.07) is 29.6. The molecule has 2 amide bonds. The summed E-state index contributed by atoms with van der Waals surface area (Å²) in [5.41, 5.74) is 6.42. The van der Waals surface area contributed by atoms with Crippen molar-refractivity contribution in [2.75, 3.05) is 33.5 Å². The zero-order valence-corrected chi connectivity index (χ0v) is 22.6. The van der Waals surface area contributed by atoms with Gasteiger partial charge in [-0.15, -0.1) is 0 Å². The van der Waals surface area contributed by atoms with Gasteiger partial charge in [0.2, 0.25) is 0 Å². The van der Waals surface area contributed by atoms with E-state index in [1.807, 2.05) is 79.0 Å². The van der Waals surface area contributed by atoms with E-state index in [1.54, 1.807) is 38.0 Å². The predicted molar refractivity (Wildman–Crippen MR) is 156 cm³/mol. The number of amides is 2. The van der Waals surface area contributed by atoms with Crippen molar-refractivity contribution >= 4 is 34.2 Å². The van der Waals surface area contributed by atoms with Gasteiger partial charge in [-0.3, -0.25) is 9.59 Å². The van der Waals surface area contributed by atoms with Crippen molar-refractivity contribution in [1.29, 1.82) is 0 Å². The first kappa shape index (κ1) is 25.7. The van der Waals surface area contributed by atoms with Gasteiger partial charge in [0.05, 0.1) is 5.52 Å². The van der Waals surface area contributed by atoms with Crippen molar-refractivity contribution in [3.8, 4) is 11.3 Å². The molecule has 7 heteroatoms. The lowest BCUT2D eigenvalue weighted by Crippen LogP contribution is -2.21. The maximum absolute atomic E-state index is 12.4. The quantitative estimate of drug-likeness (QED) is 0.292. The summed E-state index contributed by atoms with van der Waals surface area (Å²) < 4.78 is 2.28. The molecule has 0 saturated carbocycles. The molecule has 0 fully saturated rings. The van der Waals surface area contributed by atoms with Crippen molar-refractivity contribution in [2.45, 2.75) is 6.54 Å². The molecule has 7 nitrogen and oxygen atoms in total. The van der Waals surface area contributed by atoms with E-state index in [0.29, 0.717) is 23.5 Å². The van der Waals surface area contributed by atoms with Crippen LogP contribution < -0.4 is 5.32 Å². The Bertz CT molecular complexity index is 1620. The van der Waals surface area contributed by atoms with E-state index < -0.39 is 0 Å². The van der Waals surface area contributed by atoms with Crippen LogP contribution in [0.4, 0.5) is 11.5 Å². The normalized spacial score (nSPS) is 10.9. The van der Waals surface area contributed by atoms with Crippen molar-refractivity contribution in [1.82, 2.24) is 19.4 Å². The third kappa shape index (κ3) is 5.52. The standard InChI is InChI=1S/C32H31N5O2/c1-35(2)31(38)24-12-10-23(11-13-24)28-18-26-20-33-30(19-29(26)37(28)21-22-8-6-5-7-9-22)34-27-16-14-25(15-17-27)32(39)36(3)4/h5-20H,21H2,1-4H3,(H,33,34). The minimum absolute atomic E-state index is 0.0228. The zero-order valence-electron chi connectivity index (χ0n) is 22.6. The monoisotopic (exact) mass is 517 g/mol. The lowest BCUT2D eigenvalue weighted by molar-refractivity contribution is 0.0820. The lowest BCUT2D eigenvalue weighted by atomic mass is 10.1. The van der Waals surface area contributed by atoms with Crippen molar-refractivity contribution in [3.63, 3.8) is 0 Å². The molecule has 196 valence electrons. The van der Waals surface area contributed by atoms with E-state index in [2.05, 4.69) is 33.1 Å². The molecule has 2 aromatic heterocycles. The van der Waals surface area contributed by atoms with Gasteiger partial charge in [-0.25, -0.2) is 4.98 Å². The molecule has 0 radical (unpaired) electrons. The first-order valence-corrected chi connectivity index (χ1v) is 12.7. The molecule has 5 rings (SSSR count). The smallest absolute Gasteiger partial charge is 0.253 e. The average molecular weight is 518 g/mol. The molecule has 0 atom stereocenters. The SMILES string of the molecule is CN(C)C(=O)c1ccc(Nc2cc3c(cn2)cc(-c2ccc(C(=O)N(C)C)cc2)n3Cc2ccccc2)cc1. The van der Waals surface area contributed by atoms with Gasteiger partial charge in [0, 0.05) is 74.9 Å². The van der Waals surface area contributed by atoms with Crippen LogP contribution in [0.5, 0.6) is 0 Å². The number of pyridine rings is 1. The summed E-state index contributed by atoms with van der Waals surface area (Å²) in [5.74, 6) is 0.650. The fourth-order valence-electron chi connectivity index (χ4n) is 4.54. The van der Waals surface area contributed by atoms with Gasteiger partial charge in [-0.05, 0) is 53.6 Å². The number of nitrogens with one attached hydrogen (secondary N) is 1. The van der Waals surface area contributed by atoms with Crippen LogP contribution in [0.1, 0.15) is 26.3 Å². The number of hydrogen-bond donors (Lipinski definition) is 1. The largest absolute Gasteiger partial charge is 0.345 e. The van der Waals surface area contributed by atoms with Crippen LogP contribution in [-0.2, 0) is 6.54 Å². The maximum atomic E-state index is 12.4. The molecule has 0 aliphatic carbocycles. The Hall–Kier alpha value is -4.91. The Kier molecular flexibility index (Phi) is 7.14. The predicted octanol–water partition coefficient (Wildman–Crippen LogP) is 5.90. The topological polar surface area (TPSA) is 70.5 Å². The Morgan fingerprint density at radius 2 is 1.36 bits per heavy atom. The molecule has 0 aliphatic heterocycles. The molecule has 2 heterocycles. The summed E-state index contributed by atoms with van der Waals surface area (Å²) >= 11 is 0. The highest BCUT2D eigenvalue weighted by Crippen LogP contribution is 2.31. The van der Waals surface area contributed by atoms with Crippen LogP contribution in [0.25, 0.3) is 22.2 Å². The van der Waals surface area contributed by atoms with Gasteiger partial charge in [-0.1, -0.05) is 42.5 Å². The van der Waals surface area contributed by atoms with E-state index in [-0.39, 0.29) is 11.8 Å². The van der Waals surface area contributed by atoms with Crippen LogP contribution in [0.3, 0.4) is 0 Å². The zero-order chi connectivity index (χ0) is 27.5. The summed E-state index contributed by atoms with van der Waals surface area (Å²) in [7, 11) is 6.99. The Balaban J connectivity index is 1.51. The molecule has 0 aliphatic rings. The minimum atomic E-state index is -0.0357. The second kappa shape index (κ2) is 10.8. The summed E-state index contributed by atoms with van der Waals surface area (Å²) in [6.07, 6.45) is 1.87. The Morgan fingerprint density at radius 1 is 0.769 bits per heavy atom. The van der Waals surface area contributed by atoms with Gasteiger partial charge < -0.3 is 19.7 Å². The molecule has 3 aromatic carbocycles. The van der Waals surface area contributed by atoms with Crippen LogP contribution in [0.15, 0.2) is 97.2 Å². The highest BCUT2D eigenvalue weighted by molar-refractivity contribution is 5.95. The maximum Gasteiger partial charge on any atom is 0.253 e. The number of fused-ring (bicyclic) bond motifs is 1. The first-order valence-electron chi connectivity index (χ1n) is 12.7. The number of carbonyl (C=O) groups is 2.